The average molecular weight is 694 g/mol. The lowest BCUT2D eigenvalue weighted by atomic mass is 10.0. The number of rotatable bonds is 5. The Hall–Kier alpha value is -6.91. The van der Waals surface area contributed by atoms with Crippen LogP contribution in [-0.2, 0) is 0 Å². The molecule has 6 heterocycles. The number of fused-ring (bicyclic) bond motifs is 2. The van der Waals surface area contributed by atoms with Crippen LogP contribution in [0.3, 0.4) is 0 Å². The van der Waals surface area contributed by atoms with E-state index >= 15 is 0 Å². The Balaban J connectivity index is 0.000000160. The zero-order chi connectivity index (χ0) is 35.3. The highest BCUT2D eigenvalue weighted by molar-refractivity contribution is 7.80. The zero-order valence-corrected chi connectivity index (χ0v) is 28.9. The molecule has 0 atom stereocenters. The number of aromatic nitrogens is 8. The maximum absolute atomic E-state index is 5.65. The van der Waals surface area contributed by atoms with Crippen molar-refractivity contribution in [3.8, 4) is 45.0 Å². The Labute approximate surface area is 305 Å². The van der Waals surface area contributed by atoms with Gasteiger partial charge in [-0.05, 0) is 90.9 Å². The van der Waals surface area contributed by atoms with Crippen LogP contribution in [0.4, 0.5) is 5.69 Å². The average Bonchev–Trinajstić information content (AvgIpc) is 3.87. The van der Waals surface area contributed by atoms with Gasteiger partial charge in [0.1, 0.15) is 5.69 Å². The number of para-hydroxylation sites is 3. The molecule has 0 aliphatic rings. The number of thiocarbonyl (C=S) groups is 1. The third kappa shape index (κ3) is 6.66. The van der Waals surface area contributed by atoms with Crippen molar-refractivity contribution >= 4 is 44.8 Å². The van der Waals surface area contributed by atoms with E-state index in [0.29, 0.717) is 5.11 Å². The van der Waals surface area contributed by atoms with Gasteiger partial charge in [0, 0.05) is 58.1 Å². The summed E-state index contributed by atoms with van der Waals surface area (Å²) >= 11 is 5.65. The monoisotopic (exact) mass is 693 g/mol. The van der Waals surface area contributed by atoms with E-state index in [4.69, 9.17) is 22.3 Å². The number of hydrogen-bond acceptors (Lipinski definition) is 7. The first kappa shape index (κ1) is 32.3. The second-order valence-corrected chi connectivity index (χ2v) is 12.3. The number of hydrogen-bond donors (Lipinski definition) is 2. The highest BCUT2D eigenvalue weighted by atomic mass is 32.1. The lowest BCUT2D eigenvalue weighted by Gasteiger charge is -2.07. The molecule has 2 N–H and O–H groups in total. The van der Waals surface area contributed by atoms with E-state index in [1.165, 1.54) is 0 Å². The second kappa shape index (κ2) is 14.5. The normalized spacial score (nSPS) is 10.9. The van der Waals surface area contributed by atoms with Crippen LogP contribution in [0.25, 0.3) is 66.8 Å². The minimum absolute atomic E-state index is 0.490. The van der Waals surface area contributed by atoms with E-state index in [-0.39, 0.29) is 0 Å². The number of aryl methyl sites for hydroxylation is 1. The summed E-state index contributed by atoms with van der Waals surface area (Å²) in [4.78, 5) is 18.0. The van der Waals surface area contributed by atoms with E-state index < -0.39 is 0 Å². The molecule has 0 aliphatic carbocycles. The van der Waals surface area contributed by atoms with Gasteiger partial charge < -0.3 is 5.32 Å². The van der Waals surface area contributed by atoms with Crippen LogP contribution in [0.2, 0.25) is 0 Å². The molecule has 0 aliphatic heterocycles. The largest absolute Gasteiger partial charge is 0.331 e. The fourth-order valence-corrected chi connectivity index (χ4v) is 6.31. The van der Waals surface area contributed by atoms with Crippen LogP contribution >= 0.6 is 12.2 Å². The lowest BCUT2D eigenvalue weighted by Crippen LogP contribution is -2.19. The van der Waals surface area contributed by atoms with Crippen LogP contribution in [-0.4, -0.2) is 45.0 Å². The first-order chi connectivity index (χ1) is 25.6. The molecular weight excluding hydrogens is 663 g/mol. The van der Waals surface area contributed by atoms with Gasteiger partial charge in [-0.1, -0.05) is 66.7 Å². The van der Waals surface area contributed by atoms with Gasteiger partial charge in [-0.2, -0.15) is 10.2 Å². The summed E-state index contributed by atoms with van der Waals surface area (Å²) in [5.41, 5.74) is 11.3. The summed E-state index contributed by atoms with van der Waals surface area (Å²) in [7, 11) is 0. The van der Waals surface area contributed by atoms with Gasteiger partial charge in [0.15, 0.2) is 5.11 Å². The molecule has 3 aromatic carbocycles. The molecule has 9 aromatic rings. The van der Waals surface area contributed by atoms with Crippen LogP contribution in [0.1, 0.15) is 5.69 Å². The van der Waals surface area contributed by atoms with Gasteiger partial charge in [-0.3, -0.25) is 25.0 Å². The Morgan fingerprint density at radius 1 is 0.615 bits per heavy atom. The predicted octanol–water partition coefficient (Wildman–Crippen LogP) is 9.40. The highest BCUT2D eigenvalue weighted by Gasteiger charge is 2.19. The molecule has 0 saturated heterocycles. The van der Waals surface area contributed by atoms with Crippen LogP contribution < -0.4 is 5.32 Å². The fraction of sp³-hybridized carbons (Fsp3) is 0.0238. The molecule has 250 valence electrons. The molecule has 9 nitrogen and oxygen atoms in total. The molecule has 6 aromatic heterocycles. The summed E-state index contributed by atoms with van der Waals surface area (Å²) in [5, 5.41) is 18.0. The van der Waals surface area contributed by atoms with Crippen molar-refractivity contribution < 1.29 is 0 Å². The van der Waals surface area contributed by atoms with Crippen LogP contribution in [0, 0.1) is 6.92 Å². The first-order valence-electron chi connectivity index (χ1n) is 16.7. The van der Waals surface area contributed by atoms with Crippen LogP contribution in [0.5, 0.6) is 0 Å². The molecule has 0 spiro atoms. The maximum Gasteiger partial charge on any atom is 0.198 e. The fourth-order valence-electron chi connectivity index (χ4n) is 6.10. The van der Waals surface area contributed by atoms with Crippen molar-refractivity contribution in [1.29, 1.82) is 0 Å². The van der Waals surface area contributed by atoms with Gasteiger partial charge in [0.25, 0.3) is 0 Å². The summed E-state index contributed by atoms with van der Waals surface area (Å²) in [6.45, 7) is 1.98. The topological polar surface area (TPSA) is 110 Å². The number of aromatic amines is 1. The minimum Gasteiger partial charge on any atom is -0.331 e. The van der Waals surface area contributed by atoms with Gasteiger partial charge >= 0.3 is 0 Å². The molecule has 0 unspecified atom stereocenters. The third-order valence-corrected chi connectivity index (χ3v) is 8.81. The Bertz CT molecular complexity index is 2640. The van der Waals surface area contributed by atoms with Gasteiger partial charge in [0.2, 0.25) is 0 Å². The molecule has 0 radical (unpaired) electrons. The smallest absolute Gasteiger partial charge is 0.198 e. The SMILES string of the molecule is Cc1cccc(-c2nn(C(=S)Nc3ccccc3)cc2-c2ccnc3ccccc23)n1.c1ccc(-c2[nH]ncc2-c2ccnc3ccccc23)nc1. The predicted molar refractivity (Wildman–Crippen MR) is 212 cm³/mol. The number of benzene rings is 3. The van der Waals surface area contributed by atoms with Crippen molar-refractivity contribution in [2.45, 2.75) is 6.92 Å². The van der Waals surface area contributed by atoms with Crippen molar-refractivity contribution in [2.24, 2.45) is 0 Å². The molecule has 0 amide bonds. The standard InChI is InChI=1S/C25H19N5S.C17H12N4/c1-17-8-7-13-23(27-17)24-21(19-14-15-26-22-12-6-5-11-20(19)22)16-30(29-24)25(31)28-18-9-3-2-4-10-18;1-2-6-15-13(5-1)12(8-10-19-15)14-11-20-21-17(14)16-7-3-4-9-18-16/h2-16H,1H3,(H,28,31);1-11H,(H,20,21). The van der Waals surface area contributed by atoms with Gasteiger partial charge in [0.05, 0.1) is 34.3 Å². The van der Waals surface area contributed by atoms with Gasteiger partial charge in [-0.25, -0.2) is 4.68 Å². The van der Waals surface area contributed by atoms with E-state index in [1.54, 1.807) is 10.9 Å². The van der Waals surface area contributed by atoms with Crippen molar-refractivity contribution in [3.63, 3.8) is 0 Å². The summed E-state index contributed by atoms with van der Waals surface area (Å²) in [6, 6.07) is 41.8. The Morgan fingerprint density at radius 2 is 1.27 bits per heavy atom. The number of H-pyrrole nitrogens is 1. The summed E-state index contributed by atoms with van der Waals surface area (Å²) in [6.07, 6.45) is 9.23. The van der Waals surface area contributed by atoms with Crippen molar-refractivity contribution in [2.75, 3.05) is 5.32 Å². The molecule has 0 fully saturated rings. The lowest BCUT2D eigenvalue weighted by molar-refractivity contribution is 0.947. The van der Waals surface area contributed by atoms with Crippen molar-refractivity contribution in [1.82, 2.24) is 39.9 Å². The molecule has 0 bridgehead atoms. The number of anilines is 1. The molecular formula is C42H31N9S. The molecule has 52 heavy (non-hydrogen) atoms. The number of nitrogens with one attached hydrogen (secondary N) is 2. The van der Waals surface area contributed by atoms with E-state index in [0.717, 1.165) is 78.2 Å². The van der Waals surface area contributed by atoms with E-state index in [1.807, 2.05) is 147 Å². The summed E-state index contributed by atoms with van der Waals surface area (Å²) < 4.78 is 1.70. The quantitative estimate of drug-likeness (QED) is 0.172. The minimum atomic E-state index is 0.490. The molecule has 0 saturated carbocycles. The molecule has 9 rings (SSSR count). The Morgan fingerprint density at radius 3 is 1.96 bits per heavy atom. The number of nitrogens with zero attached hydrogens (tertiary/aromatic N) is 7. The van der Waals surface area contributed by atoms with E-state index in [9.17, 15) is 0 Å². The van der Waals surface area contributed by atoms with Gasteiger partial charge in [-0.15, -0.1) is 0 Å². The first-order valence-corrected chi connectivity index (χ1v) is 17.1. The Kier molecular flexibility index (Phi) is 9.02. The maximum atomic E-state index is 5.65. The summed E-state index contributed by atoms with van der Waals surface area (Å²) in [5.74, 6) is 0. The van der Waals surface area contributed by atoms with Crippen LogP contribution in [0.15, 0.2) is 158 Å². The van der Waals surface area contributed by atoms with Crippen molar-refractivity contribution in [3.05, 3.63) is 164 Å². The highest BCUT2D eigenvalue weighted by Crippen LogP contribution is 2.35. The zero-order valence-electron chi connectivity index (χ0n) is 28.0. The molecule has 10 heteroatoms. The third-order valence-electron chi connectivity index (χ3n) is 8.52. The van der Waals surface area contributed by atoms with E-state index in [2.05, 4.69) is 42.6 Å². The number of pyridine rings is 4. The second-order valence-electron chi connectivity index (χ2n) is 11.9.